The van der Waals surface area contributed by atoms with Crippen molar-refractivity contribution in [3.05, 3.63) is 77.8 Å². The number of rotatable bonds is 5. The van der Waals surface area contributed by atoms with Crippen molar-refractivity contribution in [3.8, 4) is 6.07 Å². The molecule has 2 aromatic carbocycles. The number of nitrogens with one attached hydrogen (secondary N) is 2. The molecule has 0 saturated carbocycles. The molecule has 1 aliphatic heterocycles. The summed E-state index contributed by atoms with van der Waals surface area (Å²) in [4.78, 5) is 15.8. The van der Waals surface area contributed by atoms with Crippen LogP contribution in [0.2, 0.25) is 0 Å². The standard InChI is InChI=1S/C21H21FN4O/c22-19-6-8-20(9-7-19)24-21(27)18(14-23)16-26-12-10-25(11-13-26)15-17-4-2-1-3-5-17/h1-9,16H,10-13,15H2,(H,24,27)/p+1/b18-16+. The van der Waals surface area contributed by atoms with Crippen molar-refractivity contribution < 1.29 is 14.1 Å². The Labute approximate surface area is 158 Å². The van der Waals surface area contributed by atoms with Gasteiger partial charge in [-0.2, -0.15) is 5.26 Å². The number of quaternary nitrogens is 1. The minimum atomic E-state index is -0.483. The largest absolute Gasteiger partial charge is 0.365 e. The molecular formula is C21H22FN4O+. The Balaban J connectivity index is 1.54. The number of benzene rings is 2. The minimum absolute atomic E-state index is 0.0471. The average molecular weight is 365 g/mol. The van der Waals surface area contributed by atoms with Crippen LogP contribution in [0.1, 0.15) is 5.56 Å². The van der Waals surface area contributed by atoms with Crippen molar-refractivity contribution in [2.24, 2.45) is 0 Å². The molecule has 0 unspecified atom stereocenters. The van der Waals surface area contributed by atoms with E-state index >= 15 is 0 Å². The van der Waals surface area contributed by atoms with Crippen molar-refractivity contribution in [1.82, 2.24) is 4.90 Å². The quantitative estimate of drug-likeness (QED) is 0.625. The lowest BCUT2D eigenvalue weighted by Gasteiger charge is -2.31. The molecule has 0 aliphatic carbocycles. The Hall–Kier alpha value is -3.17. The summed E-state index contributed by atoms with van der Waals surface area (Å²) >= 11 is 0. The second kappa shape index (κ2) is 8.97. The third-order valence-electron chi connectivity index (χ3n) is 4.58. The zero-order chi connectivity index (χ0) is 19.1. The molecule has 1 amide bonds. The van der Waals surface area contributed by atoms with Gasteiger partial charge in [-0.1, -0.05) is 30.3 Å². The molecule has 0 bridgehead atoms. The Kier molecular flexibility index (Phi) is 6.18. The van der Waals surface area contributed by atoms with E-state index in [1.54, 1.807) is 6.20 Å². The molecule has 3 rings (SSSR count). The highest BCUT2D eigenvalue weighted by Crippen LogP contribution is 2.10. The van der Waals surface area contributed by atoms with Gasteiger partial charge in [0.2, 0.25) is 0 Å². The van der Waals surface area contributed by atoms with Gasteiger partial charge in [0.1, 0.15) is 24.0 Å². The van der Waals surface area contributed by atoms with Crippen molar-refractivity contribution >= 4 is 11.6 Å². The molecule has 2 aromatic rings. The summed E-state index contributed by atoms with van der Waals surface area (Å²) in [6.45, 7) is 4.45. The first-order valence-electron chi connectivity index (χ1n) is 8.94. The number of hydrogen-bond acceptors (Lipinski definition) is 3. The highest BCUT2D eigenvalue weighted by molar-refractivity contribution is 6.06. The van der Waals surface area contributed by atoms with E-state index in [2.05, 4.69) is 17.4 Å². The molecule has 138 valence electrons. The topological polar surface area (TPSA) is 60.6 Å². The summed E-state index contributed by atoms with van der Waals surface area (Å²) in [6, 6.07) is 17.8. The molecule has 1 heterocycles. The number of hydrogen-bond donors (Lipinski definition) is 2. The lowest BCUT2D eigenvalue weighted by atomic mass is 10.2. The first-order valence-corrected chi connectivity index (χ1v) is 8.94. The van der Waals surface area contributed by atoms with Crippen LogP contribution in [0.15, 0.2) is 66.4 Å². The summed E-state index contributed by atoms with van der Waals surface area (Å²) in [7, 11) is 0. The van der Waals surface area contributed by atoms with Gasteiger partial charge in [-0.25, -0.2) is 4.39 Å². The normalized spacial score (nSPS) is 15.3. The minimum Gasteiger partial charge on any atom is -0.365 e. The van der Waals surface area contributed by atoms with Gasteiger partial charge in [-0.15, -0.1) is 0 Å². The van der Waals surface area contributed by atoms with Gasteiger partial charge in [-0.05, 0) is 24.3 Å². The lowest BCUT2D eigenvalue weighted by Crippen LogP contribution is -3.13. The van der Waals surface area contributed by atoms with E-state index in [1.165, 1.54) is 34.7 Å². The number of nitrogens with zero attached hydrogens (tertiary/aromatic N) is 2. The van der Waals surface area contributed by atoms with E-state index in [4.69, 9.17) is 0 Å². The Morgan fingerprint density at radius 3 is 2.44 bits per heavy atom. The summed E-state index contributed by atoms with van der Waals surface area (Å²) < 4.78 is 12.9. The molecule has 1 aliphatic rings. The van der Waals surface area contributed by atoms with Crippen LogP contribution >= 0.6 is 0 Å². The smallest absolute Gasteiger partial charge is 0.267 e. The number of carbonyl (C=O) groups is 1. The van der Waals surface area contributed by atoms with Gasteiger partial charge in [0.25, 0.3) is 5.91 Å². The molecule has 0 spiro atoms. The lowest BCUT2D eigenvalue weighted by molar-refractivity contribution is -0.917. The first kappa shape index (κ1) is 18.6. The maximum Gasteiger partial charge on any atom is 0.267 e. The summed E-state index contributed by atoms with van der Waals surface area (Å²) in [6.07, 6.45) is 1.62. The molecule has 6 heteroatoms. The summed E-state index contributed by atoms with van der Waals surface area (Å²) in [5.41, 5.74) is 1.82. The summed E-state index contributed by atoms with van der Waals surface area (Å²) in [5, 5.41) is 11.9. The van der Waals surface area contributed by atoms with Gasteiger partial charge in [0, 0.05) is 17.5 Å². The van der Waals surface area contributed by atoms with Crippen molar-refractivity contribution in [2.45, 2.75) is 6.54 Å². The Bertz CT molecular complexity index is 835. The van der Waals surface area contributed by atoms with Crippen molar-refractivity contribution in [2.75, 3.05) is 31.5 Å². The Morgan fingerprint density at radius 1 is 1.15 bits per heavy atom. The molecule has 5 nitrogen and oxygen atoms in total. The van der Waals surface area contributed by atoms with E-state index in [9.17, 15) is 14.4 Å². The number of carbonyl (C=O) groups excluding carboxylic acids is 1. The van der Waals surface area contributed by atoms with Crippen LogP contribution in [0.4, 0.5) is 10.1 Å². The van der Waals surface area contributed by atoms with E-state index in [1.807, 2.05) is 29.2 Å². The predicted molar refractivity (Wildman–Crippen MR) is 101 cm³/mol. The fraction of sp³-hybridized carbons (Fsp3) is 0.238. The zero-order valence-corrected chi connectivity index (χ0v) is 15.0. The van der Waals surface area contributed by atoms with E-state index in [0.717, 1.165) is 32.7 Å². The Morgan fingerprint density at radius 2 is 1.81 bits per heavy atom. The predicted octanol–water partition coefficient (Wildman–Crippen LogP) is 1.57. The average Bonchev–Trinajstić information content (AvgIpc) is 2.70. The van der Waals surface area contributed by atoms with Crippen LogP contribution in [0.5, 0.6) is 0 Å². The van der Waals surface area contributed by atoms with Crippen LogP contribution in [0.25, 0.3) is 0 Å². The molecule has 1 saturated heterocycles. The SMILES string of the molecule is N#C/C(=C\N1CC[NH+](Cc2ccccc2)CC1)C(=O)Nc1ccc(F)cc1. The van der Waals surface area contributed by atoms with Crippen LogP contribution in [-0.2, 0) is 11.3 Å². The number of anilines is 1. The van der Waals surface area contributed by atoms with Gasteiger partial charge in [0.05, 0.1) is 26.2 Å². The van der Waals surface area contributed by atoms with Gasteiger partial charge in [0.15, 0.2) is 0 Å². The van der Waals surface area contributed by atoms with E-state index in [-0.39, 0.29) is 11.4 Å². The van der Waals surface area contributed by atoms with Gasteiger partial charge in [-0.3, -0.25) is 4.79 Å². The number of piperazine rings is 1. The van der Waals surface area contributed by atoms with Crippen LogP contribution in [0.3, 0.4) is 0 Å². The molecule has 1 fully saturated rings. The van der Waals surface area contributed by atoms with Gasteiger partial charge >= 0.3 is 0 Å². The van der Waals surface area contributed by atoms with Crippen molar-refractivity contribution in [3.63, 3.8) is 0 Å². The molecule has 0 atom stereocenters. The maximum absolute atomic E-state index is 12.9. The number of nitriles is 1. The van der Waals surface area contributed by atoms with Crippen molar-refractivity contribution in [1.29, 1.82) is 5.26 Å². The first-order chi connectivity index (χ1) is 13.1. The fourth-order valence-corrected chi connectivity index (χ4v) is 3.08. The monoisotopic (exact) mass is 365 g/mol. The second-order valence-electron chi connectivity index (χ2n) is 6.56. The van der Waals surface area contributed by atoms with E-state index in [0.29, 0.717) is 5.69 Å². The van der Waals surface area contributed by atoms with Crippen LogP contribution in [-0.4, -0.2) is 37.0 Å². The van der Waals surface area contributed by atoms with Crippen LogP contribution < -0.4 is 10.2 Å². The highest BCUT2D eigenvalue weighted by Gasteiger charge is 2.20. The molecule has 0 radical (unpaired) electrons. The highest BCUT2D eigenvalue weighted by atomic mass is 19.1. The molecular weight excluding hydrogens is 343 g/mol. The van der Waals surface area contributed by atoms with E-state index < -0.39 is 5.91 Å². The third kappa shape index (κ3) is 5.40. The van der Waals surface area contributed by atoms with Gasteiger partial charge < -0.3 is 15.1 Å². The number of halogens is 1. The molecule has 27 heavy (non-hydrogen) atoms. The summed E-state index contributed by atoms with van der Waals surface area (Å²) in [5.74, 6) is -0.858. The second-order valence-corrected chi connectivity index (χ2v) is 6.56. The fourth-order valence-electron chi connectivity index (χ4n) is 3.08. The number of amides is 1. The molecule has 2 N–H and O–H groups in total. The maximum atomic E-state index is 12.9. The third-order valence-corrected chi connectivity index (χ3v) is 4.58. The van der Waals surface area contributed by atoms with Crippen LogP contribution in [0, 0.1) is 17.1 Å². The zero-order valence-electron chi connectivity index (χ0n) is 15.0. The molecule has 0 aromatic heterocycles.